The number of nitrogens with one attached hydrogen (secondary N) is 3. The van der Waals surface area contributed by atoms with E-state index in [-0.39, 0.29) is 82.9 Å². The van der Waals surface area contributed by atoms with Crippen LogP contribution >= 0.6 is 21.6 Å². The van der Waals surface area contributed by atoms with Gasteiger partial charge in [-0.2, -0.15) is 0 Å². The van der Waals surface area contributed by atoms with Gasteiger partial charge in [-0.25, -0.2) is 0 Å². The summed E-state index contributed by atoms with van der Waals surface area (Å²) in [4.78, 5) is 121. The average molecular weight is 1010 g/mol. The van der Waals surface area contributed by atoms with E-state index in [9.17, 15) is 43.2 Å². The molecule has 8 amide bonds. The van der Waals surface area contributed by atoms with E-state index in [0.717, 1.165) is 24.4 Å². The number of fused-ring (bicyclic) bond motifs is 4. The predicted molar refractivity (Wildman–Crippen MR) is 235 cm³/mol. The maximum absolute atomic E-state index is 14.3. The Hall–Kier alpha value is -4.67. The van der Waals surface area contributed by atoms with Crippen molar-refractivity contribution < 1.29 is 66.9 Å². The predicted octanol–water partition coefficient (Wildman–Crippen LogP) is 0.298. The zero-order valence-electron chi connectivity index (χ0n) is 35.2. The van der Waals surface area contributed by atoms with E-state index >= 15 is 0 Å². The molecule has 0 aromatic heterocycles. The Labute approximate surface area is 390 Å². The molecule has 5 N–H and O–H groups in total. The van der Waals surface area contributed by atoms with Gasteiger partial charge in [-0.1, -0.05) is 95.3 Å². The third-order valence-corrected chi connectivity index (χ3v) is 12.3. The van der Waals surface area contributed by atoms with Crippen molar-refractivity contribution in [3.8, 4) is 0 Å². The van der Waals surface area contributed by atoms with Crippen LogP contribution in [0.2, 0.25) is 0 Å². The molecule has 2 bridgehead atoms. The number of primary amides is 1. The van der Waals surface area contributed by atoms with Gasteiger partial charge in [0.25, 0.3) is 0 Å². The summed E-state index contributed by atoms with van der Waals surface area (Å²) in [6, 6.07) is 13.8. The first kappa shape index (κ1) is 52.7. The molecular weight excluding hydrogens is 961 g/mol. The number of ketones is 1. The third kappa shape index (κ3) is 18.5. The molecule has 2 aromatic rings. The van der Waals surface area contributed by atoms with Gasteiger partial charge >= 0.3 is 23.8 Å². The standard InChI is InChI=1S/C40H53N9O9S3.O.Tc/c41-38(56)30(17-26-9-3-1-4-10-26)49-16-8-14-42-33(51)13-7-15-48(37(55)22-46-35(53)20-44-34(52)21-45-36(54)23-59)31(18-27-11-5-2-6-12-27)39(57)47-28-24-60-61-25-29(40(49)58)43-19-32(28)50;;/h1-6,9-12,28-31,43H,7-8,13-25H2,(H8,41,42,44,45,46,47,51,52,53,54,56,57,59);;/q;;+4/p-3. The molecule has 63 heavy (non-hydrogen) atoms. The summed E-state index contributed by atoms with van der Waals surface area (Å²) < 4.78 is 8.22. The van der Waals surface area contributed by atoms with Crippen LogP contribution in [0.15, 0.2) is 60.7 Å². The molecule has 4 rings (SSSR count). The molecular formula is C40H50N9O10S3Tc+. The second kappa shape index (κ2) is 28.9. The Bertz CT molecular complexity index is 1900. The summed E-state index contributed by atoms with van der Waals surface area (Å²) in [6.07, 6.45) is 0.449. The molecule has 2 aliphatic heterocycles. The Balaban J connectivity index is 0.00000463. The summed E-state index contributed by atoms with van der Waals surface area (Å²) in [6.45, 7) is -2.21. The number of benzene rings is 2. The molecule has 2 heterocycles. The van der Waals surface area contributed by atoms with Crippen LogP contribution in [0.25, 0.3) is 16.0 Å². The molecule has 2 aliphatic rings. The number of hydrogen-bond donors (Lipinski definition) is 4. The van der Waals surface area contributed by atoms with Gasteiger partial charge in [0.1, 0.15) is 12.1 Å². The van der Waals surface area contributed by atoms with Crippen LogP contribution in [-0.4, -0.2) is 150 Å². The minimum absolute atomic E-state index is 0. The summed E-state index contributed by atoms with van der Waals surface area (Å²) in [5, 5.41) is 19.4. The number of hydrogen-bond acceptors (Lipinski definition) is 14. The average Bonchev–Trinajstić information content (AvgIpc) is 3.37. The molecule has 4 atom stereocenters. The fourth-order valence-corrected chi connectivity index (χ4v) is 8.90. The van der Waals surface area contributed by atoms with Crippen molar-refractivity contribution in [3.63, 3.8) is 0 Å². The molecule has 0 saturated carbocycles. The molecule has 2 saturated heterocycles. The summed E-state index contributed by atoms with van der Waals surface area (Å²) in [7, 11) is 2.59. The molecule has 339 valence electrons. The Morgan fingerprint density at radius 3 is 2.02 bits per heavy atom. The van der Waals surface area contributed by atoms with Crippen LogP contribution in [0, 0.1) is 0 Å². The fraction of sp³-hybridized carbons (Fsp3) is 0.475. The van der Waals surface area contributed by atoms with Crippen molar-refractivity contribution in [2.24, 2.45) is 5.73 Å². The van der Waals surface area contributed by atoms with Gasteiger partial charge in [0.2, 0.25) is 29.5 Å². The fourth-order valence-electron chi connectivity index (χ4n) is 6.42. The van der Waals surface area contributed by atoms with Crippen LogP contribution < -0.4 is 21.7 Å². The van der Waals surface area contributed by atoms with Gasteiger partial charge in [0, 0.05) is 68.1 Å². The van der Waals surface area contributed by atoms with Gasteiger partial charge in [-0.15, -0.1) is 5.75 Å². The number of nitrogens with zero attached hydrogens (tertiary/aromatic N) is 5. The van der Waals surface area contributed by atoms with Crippen LogP contribution in [0.1, 0.15) is 31.8 Å². The van der Waals surface area contributed by atoms with Gasteiger partial charge < -0.3 is 69.1 Å². The number of Topliss-reactive ketones (excluding diaryl/α,β-unsaturated/α-hetero) is 1. The van der Waals surface area contributed by atoms with E-state index in [1.807, 2.05) is 30.3 Å². The van der Waals surface area contributed by atoms with E-state index < -0.39 is 90.9 Å². The summed E-state index contributed by atoms with van der Waals surface area (Å²) in [5.74, 6) is -5.74. The van der Waals surface area contributed by atoms with Crippen molar-refractivity contribution in [1.29, 1.82) is 0 Å². The Kier molecular flexibility index (Phi) is 24.2. The van der Waals surface area contributed by atoms with Gasteiger partial charge in [0.15, 0.2) is 5.78 Å². The van der Waals surface area contributed by atoms with E-state index in [1.165, 1.54) is 31.4 Å². The second-order valence-electron chi connectivity index (χ2n) is 14.0. The normalized spacial score (nSPS) is 19.8. The number of amides is 8. The molecule has 0 aliphatic carbocycles. The quantitative estimate of drug-likeness (QED) is 0.155. The molecule has 2 aromatic carbocycles. The van der Waals surface area contributed by atoms with Crippen molar-refractivity contribution in [3.05, 3.63) is 87.7 Å². The van der Waals surface area contributed by atoms with Gasteiger partial charge in [0.05, 0.1) is 18.6 Å². The molecule has 4 unspecified atom stereocenters. The van der Waals surface area contributed by atoms with E-state index in [2.05, 4.69) is 44.5 Å². The van der Waals surface area contributed by atoms with Crippen LogP contribution in [0.3, 0.4) is 0 Å². The van der Waals surface area contributed by atoms with Crippen molar-refractivity contribution in [2.45, 2.75) is 56.3 Å². The molecule has 23 heteroatoms. The van der Waals surface area contributed by atoms with Crippen molar-refractivity contribution >= 4 is 87.3 Å². The summed E-state index contributed by atoms with van der Waals surface area (Å²) in [5.41, 5.74) is 7.37. The first-order valence-corrected chi connectivity index (χ1v) is 23.6. The SMILES string of the molecule is NC(=O)C(Cc1ccccc1)N1CCCNC(=O)CCCN(C(=O)C[N-]C(=O)C[N-]C(=O)C[N-]C(=O)C[S-])C(Cc2ccccc2)C(=O)NC2CSSCC(NCC2=O)C1=O.[H+].[O]=[Tc+4]. The maximum atomic E-state index is 14.3. The van der Waals surface area contributed by atoms with Gasteiger partial charge in [-0.05, 0) is 30.5 Å². The van der Waals surface area contributed by atoms with E-state index in [4.69, 9.17) is 9.24 Å². The van der Waals surface area contributed by atoms with E-state index in [0.29, 0.717) is 5.56 Å². The molecule has 0 spiro atoms. The zero-order valence-corrected chi connectivity index (χ0v) is 38.5. The molecule has 19 nitrogen and oxygen atoms in total. The molecule has 2 fully saturated rings. The Morgan fingerprint density at radius 1 is 0.810 bits per heavy atom. The topological polar surface area (TPSA) is 282 Å². The molecule has 0 radical (unpaired) electrons. The number of nitrogens with two attached hydrogens (primary N) is 1. The summed E-state index contributed by atoms with van der Waals surface area (Å²) >= 11 is 5.47. The monoisotopic (exact) mass is 1010 g/mol. The minimum atomic E-state index is -1.22. The zero-order chi connectivity index (χ0) is 46.1. The van der Waals surface area contributed by atoms with Crippen molar-refractivity contribution in [2.75, 3.05) is 63.1 Å². The van der Waals surface area contributed by atoms with Gasteiger partial charge in [-0.3, -0.25) is 34.1 Å². The first-order valence-electron chi connectivity index (χ1n) is 19.8. The second-order valence-corrected chi connectivity index (χ2v) is 16.9. The van der Waals surface area contributed by atoms with Crippen LogP contribution in [0.4, 0.5) is 0 Å². The Morgan fingerprint density at radius 2 is 1.40 bits per heavy atom. The van der Waals surface area contributed by atoms with Crippen molar-refractivity contribution in [1.82, 2.24) is 25.8 Å². The van der Waals surface area contributed by atoms with Crippen LogP contribution in [-0.2, 0) is 91.0 Å². The number of rotatable bonds is 13. The third-order valence-electron chi connectivity index (χ3n) is 9.61. The number of carbonyl (C=O) groups excluding carboxylic acids is 9. The van der Waals surface area contributed by atoms with E-state index in [1.54, 1.807) is 30.3 Å². The first-order chi connectivity index (χ1) is 30.4. The van der Waals surface area contributed by atoms with Crippen LogP contribution in [0.5, 0.6) is 0 Å². The number of carbonyl (C=O) groups is 9.